The van der Waals surface area contributed by atoms with Crippen LogP contribution in [0.4, 0.5) is 10.7 Å². The molecule has 3 rings (SSSR count). The van der Waals surface area contributed by atoms with Gasteiger partial charge < -0.3 is 14.7 Å². The van der Waals surface area contributed by atoms with E-state index in [9.17, 15) is 14.7 Å². The lowest BCUT2D eigenvalue weighted by Crippen LogP contribution is -2.59. The molecule has 1 aliphatic rings. The third kappa shape index (κ3) is 4.90. The quantitative estimate of drug-likeness (QED) is 0.663. The number of alkyl halides is 1. The fourth-order valence-corrected chi connectivity index (χ4v) is 3.67. The number of fused-ring (bicyclic) bond motifs is 1. The van der Waals surface area contributed by atoms with E-state index < -0.39 is 23.7 Å². The first-order valence-electron chi connectivity index (χ1n) is 9.08. The van der Waals surface area contributed by atoms with Crippen LogP contribution < -0.4 is 4.90 Å². The smallest absolute Gasteiger partial charge is 0.411 e. The van der Waals surface area contributed by atoms with Crippen LogP contribution in [0.1, 0.15) is 26.5 Å². The molecule has 2 aromatic rings. The number of hydrogen-bond acceptors (Lipinski definition) is 6. The van der Waals surface area contributed by atoms with Crippen molar-refractivity contribution < 1.29 is 19.4 Å². The van der Waals surface area contributed by atoms with E-state index in [-0.39, 0.29) is 19.0 Å². The number of anilines is 1. The zero-order chi connectivity index (χ0) is 21.3. The Morgan fingerprint density at radius 1 is 1.31 bits per heavy atom. The number of ether oxygens (including phenoxy) is 1. The van der Waals surface area contributed by atoms with E-state index in [1.165, 1.54) is 4.90 Å². The number of amides is 1. The summed E-state index contributed by atoms with van der Waals surface area (Å²) in [6, 6.07) is 4.56. The number of aliphatic carboxylic acids is 1. The Bertz CT molecular complexity index is 950. The second-order valence-corrected chi connectivity index (χ2v) is 8.92. The van der Waals surface area contributed by atoms with Gasteiger partial charge in [0.1, 0.15) is 5.60 Å². The van der Waals surface area contributed by atoms with Gasteiger partial charge in [0.15, 0.2) is 6.04 Å². The molecule has 1 atom stereocenters. The Morgan fingerprint density at radius 3 is 2.66 bits per heavy atom. The van der Waals surface area contributed by atoms with Crippen LogP contribution in [0, 0.1) is 0 Å². The van der Waals surface area contributed by atoms with Crippen molar-refractivity contribution in [1.29, 1.82) is 0 Å². The topological polar surface area (TPSA) is 95.9 Å². The molecule has 156 valence electrons. The first-order valence-corrected chi connectivity index (χ1v) is 10.4. The van der Waals surface area contributed by atoms with Gasteiger partial charge in [0.25, 0.3) is 0 Å². The van der Waals surface area contributed by atoms with Crippen molar-refractivity contribution in [1.82, 2.24) is 14.9 Å². The molecule has 2 heterocycles. The average Bonchev–Trinajstić information content (AvgIpc) is 2.65. The van der Waals surface area contributed by atoms with Gasteiger partial charge in [-0.3, -0.25) is 4.90 Å². The van der Waals surface area contributed by atoms with Crippen LogP contribution in [-0.4, -0.2) is 63.3 Å². The number of nitrogens with zero attached hydrogens (tertiary/aromatic N) is 4. The lowest BCUT2D eigenvalue weighted by molar-refractivity contribution is -0.143. The summed E-state index contributed by atoms with van der Waals surface area (Å²) in [5.41, 5.74) is 0.673. The molecule has 29 heavy (non-hydrogen) atoms. The number of rotatable bonds is 3. The molecule has 1 aromatic carbocycles. The number of carboxylic acids is 1. The average molecular weight is 486 g/mol. The SMILES string of the molecule is CC(C)(C)OC(=O)N1CCN(c2nc(CCl)c3cc(Br)ccc3n2)CC1C(=O)O. The molecule has 1 N–H and O–H groups in total. The third-order valence-corrected chi connectivity index (χ3v) is 5.17. The van der Waals surface area contributed by atoms with Gasteiger partial charge in [-0.1, -0.05) is 15.9 Å². The Balaban J connectivity index is 1.89. The van der Waals surface area contributed by atoms with Gasteiger partial charge in [0, 0.05) is 22.9 Å². The minimum atomic E-state index is -1.11. The molecule has 0 spiro atoms. The van der Waals surface area contributed by atoms with Crippen molar-refractivity contribution in [2.24, 2.45) is 0 Å². The van der Waals surface area contributed by atoms with Crippen molar-refractivity contribution in [2.45, 2.75) is 38.3 Å². The molecular formula is C19H22BrClN4O4. The maximum atomic E-state index is 12.4. The number of carboxylic acid groups (broad SMARTS) is 1. The monoisotopic (exact) mass is 484 g/mol. The summed E-state index contributed by atoms with van der Waals surface area (Å²) in [7, 11) is 0. The highest BCUT2D eigenvalue weighted by atomic mass is 79.9. The number of halogens is 2. The zero-order valence-corrected chi connectivity index (χ0v) is 18.7. The van der Waals surface area contributed by atoms with E-state index in [2.05, 4.69) is 25.9 Å². The summed E-state index contributed by atoms with van der Waals surface area (Å²) in [4.78, 5) is 36.4. The Kier molecular flexibility index (Phi) is 6.19. The number of piperazine rings is 1. The molecule has 0 radical (unpaired) electrons. The van der Waals surface area contributed by atoms with E-state index in [1.807, 2.05) is 18.2 Å². The minimum Gasteiger partial charge on any atom is -0.480 e. The second-order valence-electron chi connectivity index (χ2n) is 7.74. The largest absolute Gasteiger partial charge is 0.480 e. The summed E-state index contributed by atoms with van der Waals surface area (Å²) in [5, 5.41) is 10.5. The van der Waals surface area contributed by atoms with Gasteiger partial charge in [0.2, 0.25) is 5.95 Å². The number of hydrogen-bond donors (Lipinski definition) is 1. The molecule has 1 aromatic heterocycles. The summed E-state index contributed by atoms with van der Waals surface area (Å²) in [6.07, 6.45) is -0.643. The van der Waals surface area contributed by atoms with E-state index >= 15 is 0 Å². The molecule has 1 fully saturated rings. The molecule has 1 amide bonds. The molecule has 10 heteroatoms. The van der Waals surface area contributed by atoms with Crippen LogP contribution in [0.3, 0.4) is 0 Å². The number of carbonyl (C=O) groups is 2. The molecule has 0 bridgehead atoms. The number of carbonyl (C=O) groups excluding carboxylic acids is 1. The molecule has 0 saturated carbocycles. The molecule has 1 saturated heterocycles. The Morgan fingerprint density at radius 2 is 2.03 bits per heavy atom. The summed E-state index contributed by atoms with van der Waals surface area (Å²) >= 11 is 9.52. The lowest BCUT2D eigenvalue weighted by atomic mass is 10.1. The number of benzene rings is 1. The fraction of sp³-hybridized carbons (Fsp3) is 0.474. The zero-order valence-electron chi connectivity index (χ0n) is 16.4. The predicted octanol–water partition coefficient (Wildman–Crippen LogP) is 3.64. The van der Waals surface area contributed by atoms with Crippen LogP contribution in [0.5, 0.6) is 0 Å². The van der Waals surface area contributed by atoms with Crippen molar-refractivity contribution in [3.05, 3.63) is 28.4 Å². The lowest BCUT2D eigenvalue weighted by Gasteiger charge is -2.39. The molecular weight excluding hydrogens is 464 g/mol. The van der Waals surface area contributed by atoms with E-state index in [0.29, 0.717) is 18.2 Å². The van der Waals surface area contributed by atoms with Gasteiger partial charge in [-0.05, 0) is 39.0 Å². The first-order chi connectivity index (χ1) is 13.6. The molecule has 8 nitrogen and oxygen atoms in total. The van der Waals surface area contributed by atoms with Gasteiger partial charge in [-0.2, -0.15) is 0 Å². The Labute approximate surface area is 181 Å². The summed E-state index contributed by atoms with van der Waals surface area (Å²) < 4.78 is 6.25. The maximum absolute atomic E-state index is 12.4. The normalized spacial score (nSPS) is 17.5. The highest BCUT2D eigenvalue weighted by Crippen LogP contribution is 2.26. The molecule has 1 aliphatic heterocycles. The van der Waals surface area contributed by atoms with Crippen LogP contribution in [-0.2, 0) is 15.4 Å². The maximum Gasteiger partial charge on any atom is 0.411 e. The fourth-order valence-electron chi connectivity index (χ4n) is 3.11. The van der Waals surface area contributed by atoms with E-state index in [1.54, 1.807) is 25.7 Å². The molecule has 1 unspecified atom stereocenters. The van der Waals surface area contributed by atoms with E-state index in [4.69, 9.17) is 16.3 Å². The van der Waals surface area contributed by atoms with Gasteiger partial charge in [-0.15, -0.1) is 11.6 Å². The van der Waals surface area contributed by atoms with Crippen molar-refractivity contribution in [3.63, 3.8) is 0 Å². The van der Waals surface area contributed by atoms with Gasteiger partial charge >= 0.3 is 12.1 Å². The Hall–Kier alpha value is -2.13. The van der Waals surface area contributed by atoms with Crippen LogP contribution >= 0.6 is 27.5 Å². The highest BCUT2D eigenvalue weighted by molar-refractivity contribution is 9.10. The third-order valence-electron chi connectivity index (χ3n) is 4.43. The van der Waals surface area contributed by atoms with Gasteiger partial charge in [-0.25, -0.2) is 19.6 Å². The predicted molar refractivity (Wildman–Crippen MR) is 113 cm³/mol. The standard InChI is InChI=1S/C19H22BrClN4O4/c1-19(2,3)29-18(28)25-7-6-24(10-15(25)16(26)27)17-22-13-5-4-11(20)8-12(13)14(9-21)23-17/h4-5,8,15H,6-7,9-10H2,1-3H3,(H,26,27). The van der Waals surface area contributed by atoms with Crippen molar-refractivity contribution in [3.8, 4) is 0 Å². The summed E-state index contributed by atoms with van der Waals surface area (Å²) in [5.74, 6) is -0.517. The van der Waals surface area contributed by atoms with E-state index in [0.717, 1.165) is 15.4 Å². The molecule has 0 aliphatic carbocycles. The second kappa shape index (κ2) is 8.31. The van der Waals surface area contributed by atoms with Crippen LogP contribution in [0.2, 0.25) is 0 Å². The van der Waals surface area contributed by atoms with Gasteiger partial charge in [0.05, 0.1) is 23.6 Å². The highest BCUT2D eigenvalue weighted by Gasteiger charge is 2.38. The van der Waals surface area contributed by atoms with Crippen LogP contribution in [0.25, 0.3) is 10.9 Å². The van der Waals surface area contributed by atoms with Crippen LogP contribution in [0.15, 0.2) is 22.7 Å². The van der Waals surface area contributed by atoms with Crippen molar-refractivity contribution in [2.75, 3.05) is 24.5 Å². The first kappa shape index (κ1) is 21.6. The van der Waals surface area contributed by atoms with Crippen molar-refractivity contribution >= 4 is 56.4 Å². The summed E-state index contributed by atoms with van der Waals surface area (Å²) in [6.45, 7) is 5.85. The number of aromatic nitrogens is 2. The minimum absolute atomic E-state index is 0.0539.